The number of fused-ring (bicyclic) bond motifs is 2. The summed E-state index contributed by atoms with van der Waals surface area (Å²) in [5.74, 6) is 0.528. The molecule has 11 heteroatoms. The fourth-order valence-corrected chi connectivity index (χ4v) is 5.70. The molecule has 0 bridgehead atoms. The van der Waals surface area contributed by atoms with E-state index in [9.17, 15) is 9.59 Å². The van der Waals surface area contributed by atoms with Gasteiger partial charge < -0.3 is 16.0 Å². The highest BCUT2D eigenvalue weighted by atomic mass is 79.9. The van der Waals surface area contributed by atoms with Gasteiger partial charge in [0.15, 0.2) is 5.65 Å². The van der Waals surface area contributed by atoms with Crippen molar-refractivity contribution >= 4 is 55.6 Å². The molecule has 0 saturated heterocycles. The SMILES string of the molecule is CNC(=O)[C@]1(C)CC[C@@H](Nc2ncc3c(Br)nn(-c4cc(CCNC(=O)C(C)C)c5ncccc5c4)c3n2)C1. The Kier molecular flexibility index (Phi) is 7.53. The number of aromatic nitrogens is 5. The number of anilines is 1. The van der Waals surface area contributed by atoms with Crippen LogP contribution in [0.4, 0.5) is 5.95 Å². The average Bonchev–Trinajstić information content (AvgIpc) is 3.47. The van der Waals surface area contributed by atoms with E-state index in [0.717, 1.165) is 40.4 Å². The van der Waals surface area contributed by atoms with Gasteiger partial charge in [-0.05, 0) is 65.4 Å². The van der Waals surface area contributed by atoms with Crippen LogP contribution < -0.4 is 16.0 Å². The van der Waals surface area contributed by atoms with Gasteiger partial charge in [0.25, 0.3) is 0 Å². The van der Waals surface area contributed by atoms with Gasteiger partial charge >= 0.3 is 0 Å². The first kappa shape index (κ1) is 27.0. The van der Waals surface area contributed by atoms with Crippen molar-refractivity contribution in [3.8, 4) is 5.69 Å². The van der Waals surface area contributed by atoms with Gasteiger partial charge in [0, 0.05) is 48.7 Å². The molecule has 2 atom stereocenters. The minimum atomic E-state index is -0.397. The molecular formula is C28H33BrN8O2. The quantitative estimate of drug-likeness (QED) is 0.280. The van der Waals surface area contributed by atoms with Crippen molar-refractivity contribution < 1.29 is 9.59 Å². The summed E-state index contributed by atoms with van der Waals surface area (Å²) in [4.78, 5) is 38.4. The number of nitrogens with one attached hydrogen (secondary N) is 3. The van der Waals surface area contributed by atoms with E-state index >= 15 is 0 Å². The molecule has 2 amide bonds. The second-order valence-corrected chi connectivity index (χ2v) is 11.5. The highest BCUT2D eigenvalue weighted by molar-refractivity contribution is 9.10. The topological polar surface area (TPSA) is 127 Å². The van der Waals surface area contributed by atoms with Crippen LogP contribution in [0.5, 0.6) is 0 Å². The molecule has 0 unspecified atom stereocenters. The number of halogens is 1. The predicted octanol–water partition coefficient (Wildman–Crippen LogP) is 4.16. The Morgan fingerprint density at radius 1 is 1.26 bits per heavy atom. The van der Waals surface area contributed by atoms with Gasteiger partial charge in [0.2, 0.25) is 17.8 Å². The maximum absolute atomic E-state index is 12.4. The summed E-state index contributed by atoms with van der Waals surface area (Å²) in [6, 6.07) is 8.12. The summed E-state index contributed by atoms with van der Waals surface area (Å²) in [7, 11) is 1.68. The van der Waals surface area contributed by atoms with Gasteiger partial charge in [0.05, 0.1) is 16.6 Å². The van der Waals surface area contributed by atoms with Crippen LogP contribution in [0.15, 0.2) is 41.3 Å². The predicted molar refractivity (Wildman–Crippen MR) is 155 cm³/mol. The number of pyridine rings is 1. The lowest BCUT2D eigenvalue weighted by Gasteiger charge is -2.22. The number of rotatable bonds is 8. The van der Waals surface area contributed by atoms with E-state index in [2.05, 4.69) is 47.9 Å². The molecule has 3 heterocycles. The zero-order valence-electron chi connectivity index (χ0n) is 22.6. The van der Waals surface area contributed by atoms with Crippen LogP contribution in [0.2, 0.25) is 0 Å². The van der Waals surface area contributed by atoms with E-state index in [1.165, 1.54) is 0 Å². The van der Waals surface area contributed by atoms with Gasteiger partial charge in [0.1, 0.15) is 4.60 Å². The average molecular weight is 594 g/mol. The minimum Gasteiger partial charge on any atom is -0.359 e. The monoisotopic (exact) mass is 592 g/mol. The highest BCUT2D eigenvalue weighted by Crippen LogP contribution is 2.39. The molecule has 204 valence electrons. The summed E-state index contributed by atoms with van der Waals surface area (Å²) in [5.41, 5.74) is 3.01. The fourth-order valence-electron chi connectivity index (χ4n) is 5.26. The first-order valence-electron chi connectivity index (χ1n) is 13.2. The number of nitrogens with zero attached hydrogens (tertiary/aromatic N) is 5. The van der Waals surface area contributed by atoms with Crippen LogP contribution in [0, 0.1) is 11.3 Å². The minimum absolute atomic E-state index is 0.0278. The van der Waals surface area contributed by atoms with E-state index in [0.29, 0.717) is 35.6 Å². The molecule has 1 aliphatic rings. The zero-order chi connectivity index (χ0) is 27.7. The molecule has 0 aliphatic heterocycles. The molecular weight excluding hydrogens is 560 g/mol. The van der Waals surface area contributed by atoms with Gasteiger partial charge in [-0.15, -0.1) is 0 Å². The second-order valence-electron chi connectivity index (χ2n) is 10.7. The van der Waals surface area contributed by atoms with Gasteiger partial charge in [-0.25, -0.2) is 9.67 Å². The Labute approximate surface area is 235 Å². The Hall–Kier alpha value is -3.60. The molecule has 39 heavy (non-hydrogen) atoms. The number of carbonyl (C=O) groups excluding carboxylic acids is 2. The fraction of sp³-hybridized carbons (Fsp3) is 0.429. The van der Waals surface area contributed by atoms with E-state index < -0.39 is 5.41 Å². The largest absolute Gasteiger partial charge is 0.359 e. The third-order valence-corrected chi connectivity index (χ3v) is 8.05. The molecule has 0 radical (unpaired) electrons. The van der Waals surface area contributed by atoms with Crippen LogP contribution >= 0.6 is 15.9 Å². The van der Waals surface area contributed by atoms with Crippen molar-refractivity contribution in [2.45, 2.75) is 52.5 Å². The molecule has 3 aromatic heterocycles. The van der Waals surface area contributed by atoms with Gasteiger partial charge in [-0.1, -0.05) is 26.8 Å². The van der Waals surface area contributed by atoms with E-state index in [1.807, 2.05) is 39.0 Å². The van der Waals surface area contributed by atoms with E-state index in [4.69, 9.17) is 10.1 Å². The van der Waals surface area contributed by atoms with Crippen molar-refractivity contribution in [3.63, 3.8) is 0 Å². The Morgan fingerprint density at radius 3 is 2.85 bits per heavy atom. The number of carbonyl (C=O) groups is 2. The normalized spacial score (nSPS) is 19.1. The summed E-state index contributed by atoms with van der Waals surface area (Å²) >= 11 is 3.57. The Bertz CT molecular complexity index is 1550. The standard InChI is InChI=1S/C28H33BrN8O2/c1-16(2)25(38)32-11-8-18-13-20(12-17-6-5-10-31-22(17)18)37-24-21(23(29)36-37)15-33-27(35-24)34-19-7-9-28(3,14-19)26(39)30-4/h5-6,10,12-13,15-16,19H,7-9,11,14H2,1-4H3,(H,30,39)(H,32,38)(H,33,34,35)/t19-,28-/m1/s1. The maximum atomic E-state index is 12.4. The van der Waals surface area contributed by atoms with Crippen molar-refractivity contribution in [2.24, 2.45) is 11.3 Å². The summed E-state index contributed by atoms with van der Waals surface area (Å²) in [6.45, 7) is 6.28. The third-order valence-electron chi connectivity index (χ3n) is 7.46. The van der Waals surface area contributed by atoms with E-state index in [1.54, 1.807) is 24.1 Å². The molecule has 4 aromatic rings. The first-order valence-corrected chi connectivity index (χ1v) is 14.0. The maximum Gasteiger partial charge on any atom is 0.225 e. The second kappa shape index (κ2) is 10.9. The van der Waals surface area contributed by atoms with Crippen molar-refractivity contribution in [2.75, 3.05) is 18.9 Å². The van der Waals surface area contributed by atoms with Crippen LogP contribution in [-0.4, -0.2) is 56.2 Å². The van der Waals surface area contributed by atoms with Crippen molar-refractivity contribution in [1.29, 1.82) is 0 Å². The lowest BCUT2D eigenvalue weighted by atomic mass is 9.87. The molecule has 5 rings (SSSR count). The van der Waals surface area contributed by atoms with Crippen LogP contribution in [0.25, 0.3) is 27.6 Å². The summed E-state index contributed by atoms with van der Waals surface area (Å²) in [5, 5.41) is 15.7. The third kappa shape index (κ3) is 5.45. The molecule has 1 aliphatic carbocycles. The lowest BCUT2D eigenvalue weighted by molar-refractivity contribution is -0.129. The number of hydrogen-bond acceptors (Lipinski definition) is 7. The van der Waals surface area contributed by atoms with Crippen LogP contribution in [0.3, 0.4) is 0 Å². The highest BCUT2D eigenvalue weighted by Gasteiger charge is 2.41. The summed E-state index contributed by atoms with van der Waals surface area (Å²) < 4.78 is 2.45. The van der Waals surface area contributed by atoms with E-state index in [-0.39, 0.29) is 23.8 Å². The zero-order valence-corrected chi connectivity index (χ0v) is 24.2. The molecule has 1 saturated carbocycles. The lowest BCUT2D eigenvalue weighted by Crippen LogP contribution is -2.35. The smallest absolute Gasteiger partial charge is 0.225 e. The van der Waals surface area contributed by atoms with Crippen molar-refractivity contribution in [1.82, 2.24) is 35.4 Å². The van der Waals surface area contributed by atoms with Gasteiger partial charge in [-0.2, -0.15) is 10.1 Å². The molecule has 1 aromatic carbocycles. The molecule has 3 N–H and O–H groups in total. The molecule has 0 spiro atoms. The van der Waals surface area contributed by atoms with Gasteiger partial charge in [-0.3, -0.25) is 14.6 Å². The summed E-state index contributed by atoms with van der Waals surface area (Å²) in [6.07, 6.45) is 6.56. The van der Waals surface area contributed by atoms with Crippen LogP contribution in [-0.2, 0) is 16.0 Å². The number of benzene rings is 1. The Morgan fingerprint density at radius 2 is 2.08 bits per heavy atom. The number of amides is 2. The molecule has 10 nitrogen and oxygen atoms in total. The van der Waals surface area contributed by atoms with Crippen molar-refractivity contribution in [3.05, 3.63) is 46.8 Å². The first-order chi connectivity index (χ1) is 18.7. The van der Waals surface area contributed by atoms with Crippen LogP contribution in [0.1, 0.15) is 45.6 Å². The molecule has 1 fully saturated rings. The Balaban J connectivity index is 1.46. The number of hydrogen-bond donors (Lipinski definition) is 3.